The van der Waals surface area contributed by atoms with E-state index in [1.807, 2.05) is 31.2 Å². The summed E-state index contributed by atoms with van der Waals surface area (Å²) in [4.78, 5) is 8.70. The van der Waals surface area contributed by atoms with Gasteiger partial charge in [0, 0.05) is 11.9 Å². The fourth-order valence-corrected chi connectivity index (χ4v) is 1.91. The van der Waals surface area contributed by atoms with Crippen LogP contribution in [0.25, 0.3) is 22.1 Å². The maximum Gasteiger partial charge on any atom is 0.176 e. The average Bonchev–Trinajstić information content (AvgIpc) is 2.67. The van der Waals surface area contributed by atoms with Crippen molar-refractivity contribution in [3.8, 4) is 0 Å². The molecule has 2 N–H and O–H groups in total. The van der Waals surface area contributed by atoms with Gasteiger partial charge in [-0.05, 0) is 19.1 Å². The molecule has 0 fully saturated rings. The third kappa shape index (κ3) is 1.20. The lowest BCUT2D eigenvalue weighted by Crippen LogP contribution is -2.02. The molecule has 3 aromatic rings. The Morgan fingerprint density at radius 3 is 2.88 bits per heavy atom. The van der Waals surface area contributed by atoms with Gasteiger partial charge in [0.05, 0.1) is 0 Å². The van der Waals surface area contributed by atoms with Crippen molar-refractivity contribution in [2.75, 3.05) is 0 Å². The predicted molar refractivity (Wildman–Crippen MR) is 61.9 cm³/mol. The van der Waals surface area contributed by atoms with E-state index in [4.69, 9.17) is 10.2 Å². The van der Waals surface area contributed by atoms with Gasteiger partial charge in [-0.2, -0.15) is 0 Å². The largest absolute Gasteiger partial charge is 0.452 e. The van der Waals surface area contributed by atoms with Crippen LogP contribution in [0.3, 0.4) is 0 Å². The van der Waals surface area contributed by atoms with E-state index >= 15 is 0 Å². The molecular weight excluding hydrogens is 202 g/mol. The van der Waals surface area contributed by atoms with Crippen molar-refractivity contribution in [1.82, 2.24) is 9.97 Å². The molecule has 4 heteroatoms. The molecule has 0 aliphatic carbocycles. The van der Waals surface area contributed by atoms with Gasteiger partial charge in [-0.3, -0.25) is 0 Å². The number of aromatic nitrogens is 2. The van der Waals surface area contributed by atoms with E-state index in [9.17, 15) is 0 Å². The summed E-state index contributed by atoms with van der Waals surface area (Å²) in [5.41, 5.74) is 8.80. The number of furan rings is 1. The quantitative estimate of drug-likeness (QED) is 0.672. The Bertz CT molecular complexity index is 672. The molecule has 16 heavy (non-hydrogen) atoms. The van der Waals surface area contributed by atoms with Crippen LogP contribution in [0.2, 0.25) is 0 Å². The normalized spacial score (nSPS) is 11.4. The monoisotopic (exact) mass is 213 g/mol. The van der Waals surface area contributed by atoms with Crippen LogP contribution in [0, 0.1) is 6.92 Å². The molecule has 80 valence electrons. The second kappa shape index (κ2) is 3.28. The Hall–Kier alpha value is -1.94. The third-order valence-electron chi connectivity index (χ3n) is 2.60. The molecule has 0 aliphatic heterocycles. The first-order chi connectivity index (χ1) is 7.79. The first-order valence-corrected chi connectivity index (χ1v) is 5.14. The Morgan fingerprint density at radius 2 is 2.06 bits per heavy atom. The zero-order valence-electron chi connectivity index (χ0n) is 8.90. The van der Waals surface area contributed by atoms with E-state index in [1.165, 1.54) is 0 Å². The topological polar surface area (TPSA) is 64.9 Å². The van der Waals surface area contributed by atoms with Crippen molar-refractivity contribution in [1.29, 1.82) is 0 Å². The molecule has 0 saturated carbocycles. The van der Waals surface area contributed by atoms with Crippen molar-refractivity contribution < 1.29 is 4.42 Å². The minimum absolute atomic E-state index is 0.361. The lowest BCUT2D eigenvalue weighted by atomic mass is 10.2. The Kier molecular flexibility index (Phi) is 1.91. The van der Waals surface area contributed by atoms with Crippen LogP contribution >= 0.6 is 0 Å². The van der Waals surface area contributed by atoms with Crippen LogP contribution in [0.4, 0.5) is 0 Å². The second-order valence-corrected chi connectivity index (χ2v) is 3.70. The van der Waals surface area contributed by atoms with Crippen LogP contribution < -0.4 is 5.73 Å². The summed E-state index contributed by atoms with van der Waals surface area (Å²) in [5.74, 6) is 0.722. The number of aryl methyl sites for hydroxylation is 1. The first kappa shape index (κ1) is 9.30. The standard InChI is InChI=1S/C12H11N3O/c1-7-14-9(6-13)12-11(15-7)8-4-2-3-5-10(8)16-12/h2-5H,6,13H2,1H3. The van der Waals surface area contributed by atoms with Gasteiger partial charge in [0.2, 0.25) is 0 Å². The SMILES string of the molecule is Cc1nc(CN)c2oc3ccccc3c2n1. The number of benzene rings is 1. The molecule has 0 aliphatic rings. The third-order valence-corrected chi connectivity index (χ3v) is 2.60. The minimum atomic E-state index is 0.361. The molecule has 0 atom stereocenters. The molecule has 0 spiro atoms. The highest BCUT2D eigenvalue weighted by molar-refractivity contribution is 6.02. The van der Waals surface area contributed by atoms with Crippen LogP contribution in [0.5, 0.6) is 0 Å². The minimum Gasteiger partial charge on any atom is -0.452 e. The van der Waals surface area contributed by atoms with Crippen molar-refractivity contribution in [2.24, 2.45) is 5.73 Å². The number of rotatable bonds is 1. The Morgan fingerprint density at radius 1 is 1.25 bits per heavy atom. The lowest BCUT2D eigenvalue weighted by molar-refractivity contribution is 0.656. The van der Waals surface area contributed by atoms with E-state index in [-0.39, 0.29) is 0 Å². The summed E-state index contributed by atoms with van der Waals surface area (Å²) in [7, 11) is 0. The molecule has 3 rings (SSSR count). The number of fused-ring (bicyclic) bond motifs is 3. The average molecular weight is 213 g/mol. The number of para-hydroxylation sites is 1. The lowest BCUT2D eigenvalue weighted by Gasteiger charge is -1.98. The molecule has 1 aromatic carbocycles. The number of hydrogen-bond acceptors (Lipinski definition) is 4. The molecule has 0 saturated heterocycles. The second-order valence-electron chi connectivity index (χ2n) is 3.70. The Balaban J connectivity index is 2.54. The highest BCUT2D eigenvalue weighted by Gasteiger charge is 2.12. The van der Waals surface area contributed by atoms with E-state index in [0.717, 1.165) is 28.0 Å². The number of nitrogens with two attached hydrogens (primary N) is 1. The summed E-state index contributed by atoms with van der Waals surface area (Å²) in [6, 6.07) is 7.82. The molecule has 2 aromatic heterocycles. The van der Waals surface area contributed by atoms with Gasteiger partial charge < -0.3 is 10.2 Å². The van der Waals surface area contributed by atoms with Gasteiger partial charge in [0.15, 0.2) is 5.58 Å². The maximum absolute atomic E-state index is 5.72. The van der Waals surface area contributed by atoms with Crippen molar-refractivity contribution >= 4 is 22.1 Å². The van der Waals surface area contributed by atoms with Gasteiger partial charge in [0.25, 0.3) is 0 Å². The molecule has 4 nitrogen and oxygen atoms in total. The fraction of sp³-hybridized carbons (Fsp3) is 0.167. The van der Waals surface area contributed by atoms with Crippen LogP contribution in [0.15, 0.2) is 28.7 Å². The summed E-state index contributed by atoms with van der Waals surface area (Å²) >= 11 is 0. The van der Waals surface area contributed by atoms with Gasteiger partial charge in [-0.1, -0.05) is 12.1 Å². The first-order valence-electron chi connectivity index (χ1n) is 5.14. The summed E-state index contributed by atoms with van der Waals surface area (Å²) in [6.07, 6.45) is 0. The van der Waals surface area contributed by atoms with Crippen LogP contribution in [0.1, 0.15) is 11.5 Å². The summed E-state index contributed by atoms with van der Waals surface area (Å²) in [5, 5.41) is 1.01. The molecule has 0 unspecified atom stereocenters. The van der Waals surface area contributed by atoms with Crippen molar-refractivity contribution in [3.63, 3.8) is 0 Å². The zero-order chi connectivity index (χ0) is 11.1. The summed E-state index contributed by atoms with van der Waals surface area (Å²) < 4.78 is 5.72. The zero-order valence-corrected chi connectivity index (χ0v) is 8.90. The maximum atomic E-state index is 5.72. The van der Waals surface area contributed by atoms with E-state index < -0.39 is 0 Å². The number of nitrogens with zero attached hydrogens (tertiary/aromatic N) is 2. The van der Waals surface area contributed by atoms with Gasteiger partial charge >= 0.3 is 0 Å². The smallest absolute Gasteiger partial charge is 0.176 e. The number of hydrogen-bond donors (Lipinski definition) is 1. The highest BCUT2D eigenvalue weighted by atomic mass is 16.3. The summed E-state index contributed by atoms with van der Waals surface area (Å²) in [6.45, 7) is 2.22. The van der Waals surface area contributed by atoms with Crippen LogP contribution in [-0.2, 0) is 6.54 Å². The fourth-order valence-electron chi connectivity index (χ4n) is 1.91. The van der Waals surface area contributed by atoms with Crippen molar-refractivity contribution in [2.45, 2.75) is 13.5 Å². The highest BCUT2D eigenvalue weighted by Crippen LogP contribution is 2.28. The Labute approximate surface area is 92.1 Å². The molecule has 2 heterocycles. The molecular formula is C12H11N3O. The van der Waals surface area contributed by atoms with Gasteiger partial charge in [0.1, 0.15) is 22.6 Å². The van der Waals surface area contributed by atoms with Gasteiger partial charge in [-0.15, -0.1) is 0 Å². The van der Waals surface area contributed by atoms with Crippen LogP contribution in [-0.4, -0.2) is 9.97 Å². The molecule has 0 radical (unpaired) electrons. The van der Waals surface area contributed by atoms with E-state index in [1.54, 1.807) is 0 Å². The van der Waals surface area contributed by atoms with Crippen molar-refractivity contribution in [3.05, 3.63) is 35.8 Å². The van der Waals surface area contributed by atoms with E-state index in [0.29, 0.717) is 12.1 Å². The molecule has 0 amide bonds. The molecule has 0 bridgehead atoms. The van der Waals surface area contributed by atoms with Gasteiger partial charge in [-0.25, -0.2) is 9.97 Å². The predicted octanol–water partition coefficient (Wildman–Crippen LogP) is 2.14. The van der Waals surface area contributed by atoms with E-state index in [2.05, 4.69) is 9.97 Å².